The standard InChI is InChI=1S/C17H18N4O3S2/c1-20(26(23,24)17-8-5-9-25-17)13-16(22)18-10-14-11-19-21(12-14)15-6-3-2-4-7-15/h2-9,11-12H,10,13H2,1H3,(H,18,22). The molecule has 0 aliphatic heterocycles. The number of carbonyl (C=O) groups excluding carboxylic acids is 1. The molecule has 0 bridgehead atoms. The average molecular weight is 390 g/mol. The van der Waals surface area contributed by atoms with Gasteiger partial charge in [0.1, 0.15) is 4.21 Å². The SMILES string of the molecule is CN(CC(=O)NCc1cnn(-c2ccccc2)c1)S(=O)(=O)c1cccs1. The molecule has 2 aromatic heterocycles. The lowest BCUT2D eigenvalue weighted by Gasteiger charge is -2.15. The maximum absolute atomic E-state index is 12.3. The van der Waals surface area contributed by atoms with E-state index in [0.29, 0.717) is 0 Å². The maximum Gasteiger partial charge on any atom is 0.252 e. The van der Waals surface area contributed by atoms with Crippen LogP contribution in [-0.4, -0.2) is 42.0 Å². The normalized spacial score (nSPS) is 11.6. The summed E-state index contributed by atoms with van der Waals surface area (Å²) in [6.45, 7) is 0.0333. The van der Waals surface area contributed by atoms with Crippen LogP contribution in [-0.2, 0) is 21.4 Å². The fraction of sp³-hybridized carbons (Fsp3) is 0.176. The van der Waals surface area contributed by atoms with Crippen LogP contribution in [0.5, 0.6) is 0 Å². The number of hydrogen-bond donors (Lipinski definition) is 1. The van der Waals surface area contributed by atoms with E-state index in [2.05, 4.69) is 10.4 Å². The molecule has 0 aliphatic rings. The predicted molar refractivity (Wildman–Crippen MR) is 99.5 cm³/mol. The molecule has 136 valence electrons. The smallest absolute Gasteiger partial charge is 0.252 e. The van der Waals surface area contributed by atoms with Crippen molar-refractivity contribution in [3.63, 3.8) is 0 Å². The number of sulfonamides is 1. The van der Waals surface area contributed by atoms with Gasteiger partial charge in [0, 0.05) is 25.4 Å². The molecule has 0 spiro atoms. The molecule has 1 N–H and O–H groups in total. The summed E-state index contributed by atoms with van der Waals surface area (Å²) in [4.78, 5) is 12.1. The number of thiophene rings is 1. The highest BCUT2D eigenvalue weighted by molar-refractivity contribution is 7.91. The second-order valence-corrected chi connectivity index (χ2v) is 8.82. The Hall–Kier alpha value is -2.49. The zero-order valence-electron chi connectivity index (χ0n) is 14.1. The number of carbonyl (C=O) groups is 1. The first-order chi connectivity index (χ1) is 12.5. The molecule has 0 fully saturated rings. The van der Waals surface area contributed by atoms with Crippen molar-refractivity contribution < 1.29 is 13.2 Å². The molecule has 3 aromatic rings. The van der Waals surface area contributed by atoms with Crippen LogP contribution in [0.3, 0.4) is 0 Å². The number of amides is 1. The van der Waals surface area contributed by atoms with Crippen LogP contribution < -0.4 is 5.32 Å². The Bertz CT molecular complexity index is 967. The number of likely N-dealkylation sites (N-methyl/N-ethyl adjacent to an activating group) is 1. The van der Waals surface area contributed by atoms with Gasteiger partial charge in [0.05, 0.1) is 18.4 Å². The van der Waals surface area contributed by atoms with Gasteiger partial charge in [-0.25, -0.2) is 13.1 Å². The zero-order valence-corrected chi connectivity index (χ0v) is 15.7. The first-order valence-corrected chi connectivity index (χ1v) is 10.1. The molecular formula is C17H18N4O3S2. The Balaban J connectivity index is 1.55. The predicted octanol–water partition coefficient (Wildman–Crippen LogP) is 1.87. The van der Waals surface area contributed by atoms with E-state index in [1.807, 2.05) is 36.5 Å². The summed E-state index contributed by atoms with van der Waals surface area (Å²) in [5.41, 5.74) is 1.75. The molecule has 2 heterocycles. The summed E-state index contributed by atoms with van der Waals surface area (Å²) in [6.07, 6.45) is 3.49. The summed E-state index contributed by atoms with van der Waals surface area (Å²) in [7, 11) is -2.24. The molecule has 0 aliphatic carbocycles. The summed E-state index contributed by atoms with van der Waals surface area (Å²) >= 11 is 1.12. The van der Waals surface area contributed by atoms with Gasteiger partial charge in [-0.3, -0.25) is 4.79 Å². The van der Waals surface area contributed by atoms with Crippen molar-refractivity contribution in [2.24, 2.45) is 0 Å². The van der Waals surface area contributed by atoms with Crippen LogP contribution in [0.4, 0.5) is 0 Å². The molecule has 7 nitrogen and oxygen atoms in total. The third kappa shape index (κ3) is 4.18. The molecule has 3 rings (SSSR count). The van der Waals surface area contributed by atoms with Gasteiger partial charge in [-0.15, -0.1) is 11.3 Å². The van der Waals surface area contributed by atoms with Crippen LogP contribution in [0.2, 0.25) is 0 Å². The van der Waals surface area contributed by atoms with Crippen molar-refractivity contribution in [2.75, 3.05) is 13.6 Å². The van der Waals surface area contributed by atoms with E-state index < -0.39 is 10.0 Å². The molecule has 0 unspecified atom stereocenters. The molecule has 0 saturated carbocycles. The number of hydrogen-bond acceptors (Lipinski definition) is 5. The lowest BCUT2D eigenvalue weighted by molar-refractivity contribution is -0.121. The van der Waals surface area contributed by atoms with Gasteiger partial charge in [0.2, 0.25) is 5.91 Å². The molecule has 0 radical (unpaired) electrons. The van der Waals surface area contributed by atoms with E-state index in [-0.39, 0.29) is 23.2 Å². The Morgan fingerprint density at radius 3 is 2.69 bits per heavy atom. The number of nitrogens with one attached hydrogen (secondary N) is 1. The van der Waals surface area contributed by atoms with Crippen molar-refractivity contribution in [1.29, 1.82) is 0 Å². The molecule has 1 amide bonds. The summed E-state index contributed by atoms with van der Waals surface area (Å²) in [5, 5.41) is 8.66. The Morgan fingerprint density at radius 1 is 1.23 bits per heavy atom. The minimum atomic E-state index is -3.63. The van der Waals surface area contributed by atoms with Gasteiger partial charge in [-0.1, -0.05) is 24.3 Å². The fourth-order valence-electron chi connectivity index (χ4n) is 2.28. The molecular weight excluding hydrogens is 372 g/mol. The highest BCUT2D eigenvalue weighted by Gasteiger charge is 2.23. The molecule has 0 atom stereocenters. The van der Waals surface area contributed by atoms with E-state index in [1.54, 1.807) is 22.3 Å². The quantitative estimate of drug-likeness (QED) is 0.667. The minimum Gasteiger partial charge on any atom is -0.351 e. The summed E-state index contributed by atoms with van der Waals surface area (Å²) in [5.74, 6) is -0.375. The first-order valence-electron chi connectivity index (χ1n) is 7.82. The maximum atomic E-state index is 12.3. The Morgan fingerprint density at radius 2 is 2.00 bits per heavy atom. The van der Waals surface area contributed by atoms with Gasteiger partial charge in [-0.05, 0) is 23.6 Å². The largest absolute Gasteiger partial charge is 0.351 e. The van der Waals surface area contributed by atoms with E-state index in [4.69, 9.17) is 0 Å². The van der Waals surface area contributed by atoms with Crippen LogP contribution in [0.1, 0.15) is 5.56 Å². The summed E-state index contributed by atoms with van der Waals surface area (Å²) < 4.78 is 27.6. The highest BCUT2D eigenvalue weighted by atomic mass is 32.2. The molecule has 9 heteroatoms. The Labute approximate surface area is 155 Å². The molecule has 1 aromatic carbocycles. The van der Waals surface area contributed by atoms with Crippen molar-refractivity contribution in [3.05, 3.63) is 65.8 Å². The van der Waals surface area contributed by atoms with Crippen LogP contribution in [0.25, 0.3) is 5.69 Å². The lowest BCUT2D eigenvalue weighted by Crippen LogP contribution is -2.37. The van der Waals surface area contributed by atoms with Crippen molar-refractivity contribution in [1.82, 2.24) is 19.4 Å². The van der Waals surface area contributed by atoms with Crippen molar-refractivity contribution >= 4 is 27.3 Å². The third-order valence-electron chi connectivity index (χ3n) is 3.67. The van der Waals surface area contributed by atoms with Gasteiger partial charge in [0.25, 0.3) is 10.0 Å². The average Bonchev–Trinajstić information content (AvgIpc) is 3.33. The summed E-state index contributed by atoms with van der Waals surface area (Å²) in [6, 6.07) is 12.8. The first kappa shape index (κ1) is 18.3. The number of para-hydroxylation sites is 1. The second kappa shape index (κ2) is 7.81. The number of aromatic nitrogens is 2. The van der Waals surface area contributed by atoms with Crippen molar-refractivity contribution in [3.8, 4) is 5.69 Å². The van der Waals surface area contributed by atoms with Crippen LogP contribution >= 0.6 is 11.3 Å². The van der Waals surface area contributed by atoms with Gasteiger partial charge >= 0.3 is 0 Å². The van der Waals surface area contributed by atoms with Crippen LogP contribution in [0, 0.1) is 0 Å². The van der Waals surface area contributed by atoms with Crippen molar-refractivity contribution in [2.45, 2.75) is 10.8 Å². The molecule has 0 saturated heterocycles. The minimum absolute atomic E-state index is 0.219. The van der Waals surface area contributed by atoms with Gasteiger partial charge < -0.3 is 5.32 Å². The number of nitrogens with zero attached hydrogens (tertiary/aromatic N) is 3. The lowest BCUT2D eigenvalue weighted by atomic mass is 10.3. The number of rotatable bonds is 7. The highest BCUT2D eigenvalue weighted by Crippen LogP contribution is 2.19. The van der Waals surface area contributed by atoms with Gasteiger partial charge in [0.15, 0.2) is 0 Å². The molecule has 26 heavy (non-hydrogen) atoms. The van der Waals surface area contributed by atoms with Crippen LogP contribution in [0.15, 0.2) is 64.4 Å². The fourth-order valence-corrected chi connectivity index (χ4v) is 4.61. The zero-order chi connectivity index (χ0) is 18.6. The Kier molecular flexibility index (Phi) is 5.50. The number of benzene rings is 1. The van der Waals surface area contributed by atoms with Gasteiger partial charge in [-0.2, -0.15) is 9.40 Å². The monoisotopic (exact) mass is 390 g/mol. The topological polar surface area (TPSA) is 84.3 Å². The van der Waals surface area contributed by atoms with E-state index >= 15 is 0 Å². The van der Waals surface area contributed by atoms with E-state index in [0.717, 1.165) is 26.9 Å². The van der Waals surface area contributed by atoms with E-state index in [1.165, 1.54) is 13.1 Å². The van der Waals surface area contributed by atoms with E-state index in [9.17, 15) is 13.2 Å². The third-order valence-corrected chi connectivity index (χ3v) is 6.85. The second-order valence-electron chi connectivity index (χ2n) is 5.60.